The minimum absolute atomic E-state index is 0.0826. The van der Waals surface area contributed by atoms with Crippen molar-refractivity contribution < 1.29 is 28.2 Å². The lowest BCUT2D eigenvalue weighted by Gasteiger charge is -2.13. The summed E-state index contributed by atoms with van der Waals surface area (Å²) in [7, 11) is 2.23. The molecule has 0 radical (unpaired) electrons. The lowest BCUT2D eigenvalue weighted by Crippen LogP contribution is -2.17. The van der Waals surface area contributed by atoms with Crippen LogP contribution in [-0.2, 0) is 9.53 Å². The number of benzene rings is 1. The molecule has 0 bridgehead atoms. The number of aliphatic hydroxyl groups excluding tert-OH is 1. The molecule has 1 aromatic rings. The first-order valence-electron chi connectivity index (χ1n) is 4.41. The molecule has 0 spiro atoms. The molecule has 0 heterocycles. The number of rotatable bonds is 3. The van der Waals surface area contributed by atoms with E-state index in [2.05, 4.69) is 20.7 Å². The molecule has 1 rings (SSSR count). The van der Waals surface area contributed by atoms with Gasteiger partial charge in [-0.1, -0.05) is 0 Å². The van der Waals surface area contributed by atoms with Gasteiger partial charge in [-0.25, -0.2) is 13.6 Å². The van der Waals surface area contributed by atoms with Crippen LogP contribution >= 0.6 is 15.9 Å². The van der Waals surface area contributed by atoms with Crippen LogP contribution in [0.1, 0.15) is 11.7 Å². The third kappa shape index (κ3) is 2.55. The zero-order valence-corrected chi connectivity index (χ0v) is 10.5. The second-order valence-electron chi connectivity index (χ2n) is 3.03. The van der Waals surface area contributed by atoms with Crippen LogP contribution < -0.4 is 4.74 Å². The van der Waals surface area contributed by atoms with Gasteiger partial charge in [-0.2, -0.15) is 0 Å². The zero-order chi connectivity index (χ0) is 13.2. The maximum absolute atomic E-state index is 13.7. The Labute approximate surface area is 104 Å². The van der Waals surface area contributed by atoms with Gasteiger partial charge in [0.15, 0.2) is 6.10 Å². The van der Waals surface area contributed by atoms with E-state index in [0.29, 0.717) is 0 Å². The third-order valence-corrected chi connectivity index (χ3v) is 2.82. The molecular weight excluding hydrogens is 302 g/mol. The molecule has 4 nitrogen and oxygen atoms in total. The lowest BCUT2D eigenvalue weighted by molar-refractivity contribution is -0.151. The quantitative estimate of drug-likeness (QED) is 0.685. The number of halogens is 3. The van der Waals surface area contributed by atoms with E-state index in [1.807, 2.05) is 0 Å². The van der Waals surface area contributed by atoms with Crippen LogP contribution in [-0.4, -0.2) is 25.3 Å². The maximum Gasteiger partial charge on any atom is 0.339 e. The summed E-state index contributed by atoms with van der Waals surface area (Å²) in [6.45, 7) is 0. The number of aliphatic hydroxyl groups is 1. The number of hydrogen-bond acceptors (Lipinski definition) is 4. The van der Waals surface area contributed by atoms with Crippen molar-refractivity contribution in [3.05, 3.63) is 27.7 Å². The highest BCUT2D eigenvalue weighted by molar-refractivity contribution is 9.10. The molecule has 0 saturated heterocycles. The molecule has 0 fully saturated rings. The highest BCUT2D eigenvalue weighted by Crippen LogP contribution is 2.34. The van der Waals surface area contributed by atoms with Crippen molar-refractivity contribution >= 4 is 21.9 Å². The van der Waals surface area contributed by atoms with Crippen LogP contribution in [0.4, 0.5) is 8.78 Å². The number of carbonyl (C=O) groups is 1. The van der Waals surface area contributed by atoms with Gasteiger partial charge in [0.2, 0.25) is 0 Å². The summed E-state index contributed by atoms with van der Waals surface area (Å²) >= 11 is 2.83. The Morgan fingerprint density at radius 1 is 1.47 bits per heavy atom. The highest BCUT2D eigenvalue weighted by Gasteiger charge is 2.28. The summed E-state index contributed by atoms with van der Waals surface area (Å²) in [5, 5.41) is 9.42. The fourth-order valence-corrected chi connectivity index (χ4v) is 1.71. The van der Waals surface area contributed by atoms with E-state index < -0.39 is 29.3 Å². The van der Waals surface area contributed by atoms with Gasteiger partial charge in [0, 0.05) is 6.07 Å². The second kappa shape index (κ2) is 5.42. The lowest BCUT2D eigenvalue weighted by atomic mass is 10.1. The van der Waals surface area contributed by atoms with Crippen LogP contribution in [0.15, 0.2) is 10.5 Å². The van der Waals surface area contributed by atoms with Crippen molar-refractivity contribution in [3.63, 3.8) is 0 Å². The summed E-state index contributed by atoms with van der Waals surface area (Å²) < 4.78 is 36.0. The molecule has 7 heteroatoms. The highest BCUT2D eigenvalue weighted by atomic mass is 79.9. The minimum atomic E-state index is -2.03. The molecular formula is C10H9BrF2O4. The van der Waals surface area contributed by atoms with Crippen LogP contribution in [0.25, 0.3) is 0 Å². The molecule has 0 aliphatic rings. The average molecular weight is 311 g/mol. The van der Waals surface area contributed by atoms with Crippen molar-refractivity contribution in [2.45, 2.75) is 6.10 Å². The van der Waals surface area contributed by atoms with Gasteiger partial charge in [0.1, 0.15) is 17.4 Å². The maximum atomic E-state index is 13.7. The number of methoxy groups -OCH3 is 2. The van der Waals surface area contributed by atoms with E-state index in [-0.39, 0.29) is 10.2 Å². The summed E-state index contributed by atoms with van der Waals surface area (Å²) in [5.41, 5.74) is -0.787. The number of carbonyl (C=O) groups excluding carboxylic acids is 1. The first kappa shape index (κ1) is 13.9. The van der Waals surface area contributed by atoms with Crippen LogP contribution in [0.3, 0.4) is 0 Å². The normalized spacial score (nSPS) is 12.1. The Morgan fingerprint density at radius 3 is 2.53 bits per heavy atom. The molecule has 1 unspecified atom stereocenters. The van der Waals surface area contributed by atoms with Gasteiger partial charge < -0.3 is 14.6 Å². The Bertz CT molecular complexity index is 450. The van der Waals surface area contributed by atoms with Crippen LogP contribution in [0, 0.1) is 11.6 Å². The first-order chi connectivity index (χ1) is 7.93. The molecule has 0 aliphatic carbocycles. The van der Waals surface area contributed by atoms with E-state index in [9.17, 15) is 18.7 Å². The summed E-state index contributed by atoms with van der Waals surface area (Å²) in [5.74, 6) is -3.44. The van der Waals surface area contributed by atoms with Crippen LogP contribution in [0.5, 0.6) is 5.75 Å². The van der Waals surface area contributed by atoms with Crippen molar-refractivity contribution in [2.75, 3.05) is 14.2 Å². The molecule has 0 aliphatic heterocycles. The van der Waals surface area contributed by atoms with E-state index in [4.69, 9.17) is 4.74 Å². The van der Waals surface area contributed by atoms with Crippen molar-refractivity contribution in [1.82, 2.24) is 0 Å². The molecule has 1 atom stereocenters. The van der Waals surface area contributed by atoms with Gasteiger partial charge in [-0.15, -0.1) is 0 Å². The predicted molar refractivity (Wildman–Crippen MR) is 57.6 cm³/mol. The Balaban J connectivity index is 3.35. The predicted octanol–water partition coefficient (Wildman–Crippen LogP) is 1.94. The molecule has 0 saturated carbocycles. The van der Waals surface area contributed by atoms with Gasteiger partial charge in [-0.05, 0) is 15.9 Å². The van der Waals surface area contributed by atoms with Crippen LogP contribution in [0.2, 0.25) is 0 Å². The molecule has 17 heavy (non-hydrogen) atoms. The summed E-state index contributed by atoms with van der Waals surface area (Å²) in [6.07, 6.45) is -2.03. The van der Waals surface area contributed by atoms with Crippen molar-refractivity contribution in [3.8, 4) is 5.75 Å². The topological polar surface area (TPSA) is 55.8 Å². The average Bonchev–Trinajstić information content (AvgIpc) is 2.32. The van der Waals surface area contributed by atoms with Crippen molar-refractivity contribution in [1.29, 1.82) is 0 Å². The minimum Gasteiger partial charge on any atom is -0.495 e. The van der Waals surface area contributed by atoms with Gasteiger partial charge >= 0.3 is 5.97 Å². The van der Waals surface area contributed by atoms with E-state index in [0.717, 1.165) is 13.2 Å². The molecule has 1 N–H and O–H groups in total. The fraction of sp³-hybridized carbons (Fsp3) is 0.300. The fourth-order valence-electron chi connectivity index (χ4n) is 1.22. The molecule has 0 aromatic heterocycles. The SMILES string of the molecule is COC(=O)C(O)c1c(F)cc(OC)c(Br)c1F. The van der Waals surface area contributed by atoms with E-state index >= 15 is 0 Å². The largest absolute Gasteiger partial charge is 0.495 e. The molecule has 94 valence electrons. The second-order valence-corrected chi connectivity index (χ2v) is 3.82. The van der Waals surface area contributed by atoms with E-state index in [1.165, 1.54) is 7.11 Å². The van der Waals surface area contributed by atoms with Gasteiger partial charge in [0.25, 0.3) is 0 Å². The number of esters is 1. The molecule has 0 amide bonds. The Kier molecular flexibility index (Phi) is 4.41. The van der Waals surface area contributed by atoms with Gasteiger partial charge in [-0.3, -0.25) is 0 Å². The standard InChI is InChI=1S/C10H9BrF2O4/c1-16-5-3-4(12)6(8(13)7(5)11)9(14)10(15)17-2/h3,9,14H,1-2H3. The third-order valence-electron chi connectivity index (χ3n) is 2.08. The summed E-state index contributed by atoms with van der Waals surface area (Å²) in [4.78, 5) is 11.0. The monoisotopic (exact) mass is 310 g/mol. The molecule has 1 aromatic carbocycles. The Morgan fingerprint density at radius 2 is 2.06 bits per heavy atom. The number of ether oxygens (including phenoxy) is 2. The van der Waals surface area contributed by atoms with Crippen molar-refractivity contribution in [2.24, 2.45) is 0 Å². The Hall–Kier alpha value is -1.21. The smallest absolute Gasteiger partial charge is 0.339 e. The van der Waals surface area contributed by atoms with E-state index in [1.54, 1.807) is 0 Å². The summed E-state index contributed by atoms with van der Waals surface area (Å²) in [6, 6.07) is 0.856. The van der Waals surface area contributed by atoms with Gasteiger partial charge in [0.05, 0.1) is 24.3 Å². The first-order valence-corrected chi connectivity index (χ1v) is 5.20. The zero-order valence-electron chi connectivity index (χ0n) is 8.96. The number of hydrogen-bond donors (Lipinski definition) is 1.